The van der Waals surface area contributed by atoms with E-state index in [-0.39, 0.29) is 18.6 Å². The van der Waals surface area contributed by atoms with Crippen LogP contribution in [0, 0.1) is 0 Å². The van der Waals surface area contributed by atoms with E-state index in [1.807, 2.05) is 0 Å². The second-order valence-electron chi connectivity index (χ2n) is 2.70. The van der Waals surface area contributed by atoms with E-state index in [1.165, 1.54) is 0 Å². The van der Waals surface area contributed by atoms with Gasteiger partial charge in [-0.05, 0) is 19.4 Å². The van der Waals surface area contributed by atoms with Gasteiger partial charge in [0.15, 0.2) is 0 Å². The standard InChI is InChI=1S/C7H18N4O/c8-3-1-2-6(10)4-7(12)11-5-9/h6H,1-5,8-10H2,(H,11,12)/t6-/m1/s1/i2+1,7+1. The van der Waals surface area contributed by atoms with Crippen molar-refractivity contribution in [3.8, 4) is 0 Å². The number of hydrogen-bond acceptors (Lipinski definition) is 4. The molecule has 0 bridgehead atoms. The third-order valence-electron chi connectivity index (χ3n) is 1.53. The minimum Gasteiger partial charge on any atom is -0.344 e. The minimum atomic E-state index is -0.0971. The Hall–Kier alpha value is -0.650. The molecule has 5 heteroatoms. The monoisotopic (exact) mass is 176 g/mol. The van der Waals surface area contributed by atoms with Gasteiger partial charge in [-0.15, -0.1) is 0 Å². The summed E-state index contributed by atoms with van der Waals surface area (Å²) in [4.78, 5) is 10.9. The van der Waals surface area contributed by atoms with Gasteiger partial charge in [-0.3, -0.25) is 4.79 Å². The SMILES string of the molecule is NCC[13CH2][C@@H](N)C[13C](=O)NCN. The number of hydrogen-bond donors (Lipinski definition) is 4. The summed E-state index contributed by atoms with van der Waals surface area (Å²) in [7, 11) is 0. The fourth-order valence-corrected chi connectivity index (χ4v) is 0.906. The van der Waals surface area contributed by atoms with Crippen LogP contribution in [0.5, 0.6) is 0 Å². The molecule has 5 nitrogen and oxygen atoms in total. The first-order chi connectivity index (χ1) is 5.70. The van der Waals surface area contributed by atoms with Crippen LogP contribution in [0.25, 0.3) is 0 Å². The summed E-state index contributed by atoms with van der Waals surface area (Å²) in [5.74, 6) is -0.0954. The third kappa shape index (κ3) is 6.09. The quantitative estimate of drug-likeness (QED) is 0.291. The summed E-state index contributed by atoms with van der Waals surface area (Å²) in [5.41, 5.74) is 16.0. The van der Waals surface area contributed by atoms with Crippen molar-refractivity contribution < 1.29 is 4.79 Å². The average molecular weight is 176 g/mol. The normalized spacial score (nSPS) is 12.6. The summed E-state index contributed by atoms with van der Waals surface area (Å²) >= 11 is 0. The lowest BCUT2D eigenvalue weighted by molar-refractivity contribution is -0.121. The Bertz CT molecular complexity index is 129. The van der Waals surface area contributed by atoms with E-state index in [0.717, 1.165) is 12.8 Å². The number of rotatable bonds is 6. The molecule has 0 aromatic heterocycles. The number of carbonyl (C=O) groups is 1. The molecule has 0 aliphatic carbocycles. The Balaban J connectivity index is 3.40. The van der Waals surface area contributed by atoms with Crippen molar-refractivity contribution in [2.75, 3.05) is 13.2 Å². The molecule has 0 fully saturated rings. The summed E-state index contributed by atoms with van der Waals surface area (Å²) in [6.07, 6.45) is 1.97. The Morgan fingerprint density at radius 2 is 2.08 bits per heavy atom. The van der Waals surface area contributed by atoms with Gasteiger partial charge in [0, 0.05) is 12.5 Å². The summed E-state index contributed by atoms with van der Waals surface area (Å²) in [5, 5.41) is 2.48. The molecule has 0 spiro atoms. The van der Waals surface area contributed by atoms with Gasteiger partial charge < -0.3 is 22.5 Å². The molecule has 1 amide bonds. The largest absolute Gasteiger partial charge is 0.344 e. The zero-order valence-corrected chi connectivity index (χ0v) is 7.25. The van der Waals surface area contributed by atoms with Crippen LogP contribution < -0.4 is 22.5 Å². The highest BCUT2D eigenvalue weighted by Crippen LogP contribution is 1.97. The van der Waals surface area contributed by atoms with E-state index in [1.54, 1.807) is 0 Å². The number of nitrogens with two attached hydrogens (primary N) is 3. The first kappa shape index (κ1) is 11.4. The first-order valence-corrected chi connectivity index (χ1v) is 4.13. The van der Waals surface area contributed by atoms with Gasteiger partial charge in [0.1, 0.15) is 0 Å². The molecule has 12 heavy (non-hydrogen) atoms. The average Bonchev–Trinajstić information content (AvgIpc) is 2.01. The number of nitrogens with one attached hydrogen (secondary N) is 1. The van der Waals surface area contributed by atoms with Gasteiger partial charge in [-0.25, -0.2) is 0 Å². The van der Waals surface area contributed by atoms with E-state index in [2.05, 4.69) is 5.32 Å². The van der Waals surface area contributed by atoms with E-state index in [0.29, 0.717) is 13.0 Å². The minimum absolute atomic E-state index is 0.0954. The van der Waals surface area contributed by atoms with Gasteiger partial charge in [0.2, 0.25) is 5.91 Å². The van der Waals surface area contributed by atoms with Crippen molar-refractivity contribution >= 4 is 5.91 Å². The van der Waals surface area contributed by atoms with Gasteiger partial charge in [0.05, 0.1) is 6.67 Å². The van der Waals surface area contributed by atoms with Crippen molar-refractivity contribution in [1.82, 2.24) is 5.32 Å². The molecule has 0 aromatic rings. The van der Waals surface area contributed by atoms with E-state index < -0.39 is 0 Å². The van der Waals surface area contributed by atoms with E-state index in [4.69, 9.17) is 17.2 Å². The molecule has 0 rings (SSSR count). The fourth-order valence-electron chi connectivity index (χ4n) is 0.906. The lowest BCUT2D eigenvalue weighted by atomic mass is 10.3. The van der Waals surface area contributed by atoms with Crippen LogP contribution in [0.4, 0.5) is 0 Å². The second-order valence-corrected chi connectivity index (χ2v) is 2.70. The summed E-state index contributed by atoms with van der Waals surface area (Å²) in [6.45, 7) is 0.786. The third-order valence-corrected chi connectivity index (χ3v) is 1.53. The van der Waals surface area contributed by atoms with Gasteiger partial charge in [0.25, 0.3) is 0 Å². The van der Waals surface area contributed by atoms with Crippen LogP contribution in [-0.2, 0) is 4.79 Å². The van der Waals surface area contributed by atoms with Crippen LogP contribution in [-0.4, -0.2) is 25.2 Å². The zero-order valence-electron chi connectivity index (χ0n) is 7.25. The lowest BCUT2D eigenvalue weighted by Gasteiger charge is -2.09. The molecule has 7 N–H and O–H groups in total. The van der Waals surface area contributed by atoms with E-state index in [9.17, 15) is 4.79 Å². The maximum Gasteiger partial charge on any atom is 0.222 e. The van der Waals surface area contributed by atoms with Crippen LogP contribution in [0.15, 0.2) is 0 Å². The maximum atomic E-state index is 10.9. The Kier molecular flexibility index (Phi) is 6.64. The predicted octanol–water partition coefficient (Wildman–Crippen LogP) is -1.52. The maximum absolute atomic E-state index is 10.9. The molecule has 1 atom stereocenters. The van der Waals surface area contributed by atoms with Crippen LogP contribution in [0.1, 0.15) is 19.3 Å². The Morgan fingerprint density at radius 3 is 2.58 bits per heavy atom. The van der Waals surface area contributed by atoms with Crippen molar-refractivity contribution in [2.24, 2.45) is 17.2 Å². The molecule has 0 saturated heterocycles. The van der Waals surface area contributed by atoms with Crippen molar-refractivity contribution in [3.05, 3.63) is 0 Å². The van der Waals surface area contributed by atoms with Gasteiger partial charge in [-0.2, -0.15) is 0 Å². The molecule has 72 valence electrons. The molecule has 0 aromatic carbocycles. The molecule has 0 unspecified atom stereocenters. The summed E-state index contributed by atoms with van der Waals surface area (Å²) < 4.78 is 0. The van der Waals surface area contributed by atoms with Crippen molar-refractivity contribution in [3.63, 3.8) is 0 Å². The smallest absolute Gasteiger partial charge is 0.222 e. The molecular formula is C7H18N4O. The highest BCUT2D eigenvalue weighted by Gasteiger charge is 2.07. The van der Waals surface area contributed by atoms with Crippen LogP contribution >= 0.6 is 0 Å². The lowest BCUT2D eigenvalue weighted by Crippen LogP contribution is -2.34. The fraction of sp³-hybridized carbons (Fsp3) is 0.857. The van der Waals surface area contributed by atoms with Crippen LogP contribution in [0.3, 0.4) is 0 Å². The van der Waals surface area contributed by atoms with Gasteiger partial charge in [-0.1, -0.05) is 0 Å². The molecule has 0 heterocycles. The highest BCUT2D eigenvalue weighted by molar-refractivity contribution is 5.76. The molecule has 0 radical (unpaired) electrons. The second kappa shape index (κ2) is 7.02. The molecular weight excluding hydrogens is 158 g/mol. The zero-order chi connectivity index (χ0) is 9.40. The van der Waals surface area contributed by atoms with Gasteiger partial charge >= 0.3 is 0 Å². The number of carbonyl (C=O) groups excluding carboxylic acids is 1. The first-order valence-electron chi connectivity index (χ1n) is 4.13. The summed E-state index contributed by atoms with van der Waals surface area (Å²) in [6, 6.07) is -0.0971. The number of amides is 1. The van der Waals surface area contributed by atoms with Crippen molar-refractivity contribution in [2.45, 2.75) is 25.3 Å². The molecule has 0 aliphatic rings. The Morgan fingerprint density at radius 1 is 1.42 bits per heavy atom. The van der Waals surface area contributed by atoms with Crippen molar-refractivity contribution in [1.29, 1.82) is 0 Å². The Labute approximate surface area is 72.7 Å². The van der Waals surface area contributed by atoms with Crippen LogP contribution in [0.2, 0.25) is 0 Å². The highest BCUT2D eigenvalue weighted by atomic mass is 16.2. The molecule has 0 saturated carbocycles. The van der Waals surface area contributed by atoms with E-state index >= 15 is 0 Å². The predicted molar refractivity (Wildman–Crippen MR) is 48.1 cm³/mol. The topological polar surface area (TPSA) is 107 Å². The molecule has 0 aliphatic heterocycles.